The van der Waals surface area contributed by atoms with Gasteiger partial charge in [0.2, 0.25) is 0 Å². The molecule has 1 N–H and O–H groups in total. The number of hydrogen-bond acceptors (Lipinski definition) is 3. The van der Waals surface area contributed by atoms with Crippen molar-refractivity contribution < 1.29 is 4.74 Å². The molecule has 0 saturated carbocycles. The van der Waals surface area contributed by atoms with E-state index in [1.165, 1.54) is 5.39 Å². The second-order valence-corrected chi connectivity index (χ2v) is 4.94. The zero-order chi connectivity index (χ0) is 14.2. The quantitative estimate of drug-likeness (QED) is 0.749. The van der Waals surface area contributed by atoms with Crippen LogP contribution in [0.2, 0.25) is 0 Å². The van der Waals surface area contributed by atoms with Crippen LogP contribution in [-0.4, -0.2) is 30.8 Å². The van der Waals surface area contributed by atoms with Crippen LogP contribution in [0.4, 0.5) is 0 Å². The number of hydrogen-bond donors (Lipinski definition) is 1. The van der Waals surface area contributed by atoms with Crippen molar-refractivity contribution in [1.29, 1.82) is 0 Å². The molecule has 0 bridgehead atoms. The third kappa shape index (κ3) is 4.29. The van der Waals surface area contributed by atoms with Crippen molar-refractivity contribution in [3.63, 3.8) is 0 Å². The highest BCUT2D eigenvalue weighted by atomic mass is 16.5. The molecular formula is C17H24N2O. The molecule has 0 amide bonds. The Balaban J connectivity index is 2.03. The van der Waals surface area contributed by atoms with E-state index >= 15 is 0 Å². The Morgan fingerprint density at radius 3 is 2.80 bits per heavy atom. The molecule has 1 atom stereocenters. The molecule has 1 aromatic heterocycles. The lowest BCUT2D eigenvalue weighted by Crippen LogP contribution is -2.32. The number of nitrogens with zero attached hydrogens (tertiary/aromatic N) is 1. The van der Waals surface area contributed by atoms with E-state index in [0.717, 1.165) is 43.8 Å². The summed E-state index contributed by atoms with van der Waals surface area (Å²) < 4.78 is 5.46. The molecule has 0 radical (unpaired) electrons. The maximum Gasteiger partial charge on any atom is 0.0705 e. The number of aromatic nitrogens is 1. The number of nitrogens with one attached hydrogen (secondary N) is 1. The number of pyridine rings is 1. The third-order valence-corrected chi connectivity index (χ3v) is 3.42. The van der Waals surface area contributed by atoms with Crippen LogP contribution in [-0.2, 0) is 11.2 Å². The topological polar surface area (TPSA) is 34.1 Å². The van der Waals surface area contributed by atoms with E-state index in [0.29, 0.717) is 6.04 Å². The Morgan fingerprint density at radius 1 is 1.15 bits per heavy atom. The van der Waals surface area contributed by atoms with Crippen LogP contribution < -0.4 is 5.32 Å². The van der Waals surface area contributed by atoms with E-state index in [-0.39, 0.29) is 0 Å². The first-order chi connectivity index (χ1) is 9.83. The van der Waals surface area contributed by atoms with Crippen LogP contribution in [0.3, 0.4) is 0 Å². The second kappa shape index (κ2) is 7.98. The molecule has 0 aliphatic heterocycles. The van der Waals surface area contributed by atoms with Crippen molar-refractivity contribution in [3.05, 3.63) is 42.1 Å². The number of rotatable bonds is 8. The zero-order valence-electron chi connectivity index (χ0n) is 12.4. The predicted octanol–water partition coefficient (Wildman–Crippen LogP) is 3.18. The van der Waals surface area contributed by atoms with Gasteiger partial charge < -0.3 is 10.1 Å². The molecule has 20 heavy (non-hydrogen) atoms. The van der Waals surface area contributed by atoms with Crippen molar-refractivity contribution in [2.24, 2.45) is 0 Å². The minimum absolute atomic E-state index is 0.431. The summed E-state index contributed by atoms with van der Waals surface area (Å²) in [4.78, 5) is 4.74. The Bertz CT molecular complexity index is 527. The van der Waals surface area contributed by atoms with Crippen molar-refractivity contribution >= 4 is 10.9 Å². The molecule has 1 aromatic carbocycles. The van der Waals surface area contributed by atoms with Gasteiger partial charge in [-0.15, -0.1) is 0 Å². The van der Waals surface area contributed by atoms with Gasteiger partial charge in [0.25, 0.3) is 0 Å². The number of likely N-dealkylation sites (N-methyl/N-ethyl adjacent to an activating group) is 1. The summed E-state index contributed by atoms with van der Waals surface area (Å²) in [6.45, 7) is 6.74. The van der Waals surface area contributed by atoms with Crippen LogP contribution in [0.5, 0.6) is 0 Å². The molecule has 0 aliphatic rings. The van der Waals surface area contributed by atoms with Gasteiger partial charge in [-0.25, -0.2) is 0 Å². The van der Waals surface area contributed by atoms with Gasteiger partial charge in [0, 0.05) is 36.8 Å². The molecule has 0 fully saturated rings. The maximum absolute atomic E-state index is 5.46. The lowest BCUT2D eigenvalue weighted by molar-refractivity contribution is 0.136. The van der Waals surface area contributed by atoms with Crippen LogP contribution >= 0.6 is 0 Å². The Morgan fingerprint density at radius 2 is 2.00 bits per heavy atom. The average Bonchev–Trinajstić information content (AvgIpc) is 2.47. The van der Waals surface area contributed by atoms with Crippen LogP contribution in [0.25, 0.3) is 10.9 Å². The van der Waals surface area contributed by atoms with Gasteiger partial charge in [0.05, 0.1) is 5.52 Å². The van der Waals surface area contributed by atoms with Gasteiger partial charge in [-0.3, -0.25) is 4.98 Å². The Kier molecular flexibility index (Phi) is 5.96. The fraction of sp³-hybridized carbons (Fsp3) is 0.471. The van der Waals surface area contributed by atoms with E-state index in [1.807, 2.05) is 19.1 Å². The van der Waals surface area contributed by atoms with Gasteiger partial charge >= 0.3 is 0 Å². The van der Waals surface area contributed by atoms with E-state index in [2.05, 4.69) is 36.5 Å². The highest BCUT2D eigenvalue weighted by Gasteiger charge is 2.09. The first-order valence-corrected chi connectivity index (χ1v) is 7.49. The van der Waals surface area contributed by atoms with Gasteiger partial charge in [-0.05, 0) is 32.0 Å². The molecule has 1 unspecified atom stereocenters. The van der Waals surface area contributed by atoms with Crippen LogP contribution in [0, 0.1) is 0 Å². The third-order valence-electron chi connectivity index (χ3n) is 3.42. The first-order valence-electron chi connectivity index (χ1n) is 7.49. The number of ether oxygens (including phenoxy) is 1. The first kappa shape index (κ1) is 14.9. The van der Waals surface area contributed by atoms with Crippen LogP contribution in [0.15, 0.2) is 36.4 Å². The monoisotopic (exact) mass is 272 g/mol. The van der Waals surface area contributed by atoms with Crippen molar-refractivity contribution in [1.82, 2.24) is 10.3 Å². The number of para-hydroxylation sites is 1. The SMILES string of the molecule is CCNC(CCOCC)Cc1ccc2ccccc2n1. The highest BCUT2D eigenvalue weighted by molar-refractivity contribution is 5.78. The van der Waals surface area contributed by atoms with Gasteiger partial charge in [0.1, 0.15) is 0 Å². The highest BCUT2D eigenvalue weighted by Crippen LogP contribution is 2.13. The summed E-state index contributed by atoms with van der Waals surface area (Å²) in [6, 6.07) is 13.0. The van der Waals surface area contributed by atoms with Gasteiger partial charge in [-0.1, -0.05) is 31.2 Å². The molecule has 1 heterocycles. The molecule has 108 valence electrons. The largest absolute Gasteiger partial charge is 0.382 e. The molecule has 3 heteroatoms. The minimum atomic E-state index is 0.431. The second-order valence-electron chi connectivity index (χ2n) is 4.94. The standard InChI is InChI=1S/C17H24N2O/c1-3-18-15(11-12-20-4-2)13-16-10-9-14-7-5-6-8-17(14)19-16/h5-10,15,18H,3-4,11-13H2,1-2H3. The molecular weight excluding hydrogens is 248 g/mol. The predicted molar refractivity (Wildman–Crippen MR) is 84.0 cm³/mol. The maximum atomic E-state index is 5.46. The van der Waals surface area contributed by atoms with Gasteiger partial charge in [-0.2, -0.15) is 0 Å². The fourth-order valence-corrected chi connectivity index (χ4v) is 2.41. The van der Waals surface area contributed by atoms with E-state index < -0.39 is 0 Å². The normalized spacial score (nSPS) is 12.7. The molecule has 2 aromatic rings. The number of benzene rings is 1. The molecule has 0 saturated heterocycles. The zero-order valence-corrected chi connectivity index (χ0v) is 12.4. The van der Waals surface area contributed by atoms with Crippen LogP contribution in [0.1, 0.15) is 26.0 Å². The fourth-order valence-electron chi connectivity index (χ4n) is 2.41. The Hall–Kier alpha value is -1.45. The molecule has 2 rings (SSSR count). The summed E-state index contributed by atoms with van der Waals surface area (Å²) in [5.74, 6) is 0. The molecule has 0 spiro atoms. The average molecular weight is 272 g/mol. The summed E-state index contributed by atoms with van der Waals surface area (Å²) in [6.07, 6.45) is 1.97. The lowest BCUT2D eigenvalue weighted by Gasteiger charge is -2.17. The smallest absolute Gasteiger partial charge is 0.0705 e. The summed E-state index contributed by atoms with van der Waals surface area (Å²) >= 11 is 0. The lowest BCUT2D eigenvalue weighted by atomic mass is 10.1. The minimum Gasteiger partial charge on any atom is -0.382 e. The number of fused-ring (bicyclic) bond motifs is 1. The van der Waals surface area contributed by atoms with E-state index in [4.69, 9.17) is 9.72 Å². The summed E-state index contributed by atoms with van der Waals surface area (Å²) in [5, 5.41) is 4.72. The molecule has 3 nitrogen and oxygen atoms in total. The summed E-state index contributed by atoms with van der Waals surface area (Å²) in [5.41, 5.74) is 2.22. The van der Waals surface area contributed by atoms with Crippen molar-refractivity contribution in [2.75, 3.05) is 19.8 Å². The summed E-state index contributed by atoms with van der Waals surface area (Å²) in [7, 11) is 0. The van der Waals surface area contributed by atoms with Gasteiger partial charge in [0.15, 0.2) is 0 Å². The van der Waals surface area contributed by atoms with E-state index in [9.17, 15) is 0 Å². The Labute approximate surface area is 121 Å². The molecule has 0 aliphatic carbocycles. The van der Waals surface area contributed by atoms with Crippen molar-refractivity contribution in [3.8, 4) is 0 Å². The van der Waals surface area contributed by atoms with Crippen molar-refractivity contribution in [2.45, 2.75) is 32.7 Å². The van der Waals surface area contributed by atoms with E-state index in [1.54, 1.807) is 0 Å².